The van der Waals surface area contributed by atoms with Gasteiger partial charge in [-0.25, -0.2) is 0 Å². The molecule has 0 aliphatic rings. The van der Waals surface area contributed by atoms with Crippen molar-refractivity contribution >= 4 is 29.3 Å². The average molecular weight is 281 g/mol. The lowest BCUT2D eigenvalue weighted by molar-refractivity contribution is -0.137. The number of aryl methyl sites for hydroxylation is 1. The van der Waals surface area contributed by atoms with Gasteiger partial charge >= 0.3 is 5.97 Å². The van der Waals surface area contributed by atoms with Crippen LogP contribution in [0, 0.1) is 6.92 Å². The van der Waals surface area contributed by atoms with E-state index in [0.29, 0.717) is 12.2 Å². The molecular weight excluding hydrogens is 262 g/mol. The fraction of sp³-hybridized carbons (Fsp3) is 0.429. The fourth-order valence-corrected chi connectivity index (χ4v) is 2.20. The smallest absolute Gasteiger partial charge is 0.315 e. The lowest BCUT2D eigenvalue weighted by Gasteiger charge is -2.17. The molecule has 1 rings (SSSR count). The van der Waals surface area contributed by atoms with Crippen LogP contribution in [0.4, 0.5) is 5.69 Å². The van der Waals surface area contributed by atoms with E-state index < -0.39 is 0 Å². The van der Waals surface area contributed by atoms with Crippen molar-refractivity contribution in [3.05, 3.63) is 29.8 Å². The maximum atomic E-state index is 11.9. The summed E-state index contributed by atoms with van der Waals surface area (Å²) in [5.41, 5.74) is 2.05. The molecule has 0 spiro atoms. The summed E-state index contributed by atoms with van der Waals surface area (Å²) in [5, 5.41) is 0. The zero-order valence-electron chi connectivity index (χ0n) is 11.5. The summed E-state index contributed by atoms with van der Waals surface area (Å²) in [6.45, 7) is 2.01. The number of carbonyl (C=O) groups is 2. The number of benzene rings is 1. The molecule has 0 fully saturated rings. The molecule has 0 aliphatic heterocycles. The summed E-state index contributed by atoms with van der Waals surface area (Å²) in [5.74, 6) is 0.688. The van der Waals surface area contributed by atoms with E-state index in [9.17, 15) is 9.59 Å². The second-order valence-electron chi connectivity index (χ2n) is 4.17. The second kappa shape index (κ2) is 7.84. The Bertz CT molecular complexity index is 431. The molecule has 0 unspecified atom stereocenters. The molecule has 4 nitrogen and oxygen atoms in total. The van der Waals surface area contributed by atoms with Crippen LogP contribution in [0.1, 0.15) is 12.0 Å². The van der Waals surface area contributed by atoms with Crippen molar-refractivity contribution in [1.82, 2.24) is 0 Å². The lowest BCUT2D eigenvalue weighted by Crippen LogP contribution is -2.26. The summed E-state index contributed by atoms with van der Waals surface area (Å²) in [4.78, 5) is 24.5. The fourth-order valence-electron chi connectivity index (χ4n) is 1.45. The highest BCUT2D eigenvalue weighted by Crippen LogP contribution is 2.15. The van der Waals surface area contributed by atoms with Gasteiger partial charge < -0.3 is 9.64 Å². The van der Waals surface area contributed by atoms with Gasteiger partial charge in [0.1, 0.15) is 0 Å². The molecule has 0 bridgehead atoms. The van der Waals surface area contributed by atoms with E-state index in [4.69, 9.17) is 0 Å². The molecule has 0 saturated carbocycles. The third-order valence-corrected chi connectivity index (χ3v) is 3.64. The van der Waals surface area contributed by atoms with E-state index >= 15 is 0 Å². The number of amides is 1. The number of methoxy groups -OCH3 is 1. The van der Waals surface area contributed by atoms with Crippen LogP contribution in [-0.2, 0) is 14.3 Å². The van der Waals surface area contributed by atoms with Crippen molar-refractivity contribution in [2.24, 2.45) is 0 Å². The third kappa shape index (κ3) is 5.34. The number of nitrogens with zero attached hydrogens (tertiary/aromatic N) is 1. The monoisotopic (exact) mass is 281 g/mol. The molecule has 1 amide bonds. The molecular formula is C14H19NO3S. The number of hydrogen-bond acceptors (Lipinski definition) is 4. The van der Waals surface area contributed by atoms with Gasteiger partial charge in [0.25, 0.3) is 0 Å². The molecule has 0 N–H and O–H groups in total. The Balaban J connectivity index is 2.36. The Morgan fingerprint density at radius 3 is 2.47 bits per heavy atom. The van der Waals surface area contributed by atoms with Gasteiger partial charge in [0.2, 0.25) is 5.91 Å². The van der Waals surface area contributed by atoms with Gasteiger partial charge in [-0.2, -0.15) is 0 Å². The van der Waals surface area contributed by atoms with Crippen molar-refractivity contribution in [3.63, 3.8) is 0 Å². The highest BCUT2D eigenvalue weighted by Gasteiger charge is 2.10. The Labute approximate surface area is 118 Å². The van der Waals surface area contributed by atoms with Gasteiger partial charge in [-0.05, 0) is 19.1 Å². The van der Waals surface area contributed by atoms with Crippen LogP contribution in [0.2, 0.25) is 0 Å². The largest absolute Gasteiger partial charge is 0.468 e. The number of thioether (sulfide) groups is 1. The van der Waals surface area contributed by atoms with Crippen LogP contribution in [0.5, 0.6) is 0 Å². The highest BCUT2D eigenvalue weighted by molar-refractivity contribution is 7.99. The lowest BCUT2D eigenvalue weighted by atomic mass is 10.2. The molecule has 0 aliphatic carbocycles. The number of hydrogen-bond donors (Lipinski definition) is 0. The minimum Gasteiger partial charge on any atom is -0.468 e. The summed E-state index contributed by atoms with van der Waals surface area (Å²) in [7, 11) is 3.12. The standard InChI is InChI=1S/C14H19NO3S/c1-11-4-6-12(7-5-11)15(2)13(16)8-9-19-10-14(17)18-3/h4-7H,8-10H2,1-3H3. The highest BCUT2D eigenvalue weighted by atomic mass is 32.2. The number of ether oxygens (including phenoxy) is 1. The summed E-state index contributed by atoms with van der Waals surface area (Å²) in [6.07, 6.45) is 0.409. The van der Waals surface area contributed by atoms with Gasteiger partial charge in [0, 0.05) is 24.9 Å². The van der Waals surface area contributed by atoms with E-state index in [1.165, 1.54) is 24.4 Å². The number of carbonyl (C=O) groups excluding carboxylic acids is 2. The first-order valence-electron chi connectivity index (χ1n) is 6.02. The van der Waals surface area contributed by atoms with E-state index in [1.807, 2.05) is 31.2 Å². The predicted octanol–water partition coefficient (Wildman–Crippen LogP) is 2.25. The van der Waals surface area contributed by atoms with Crippen molar-refractivity contribution in [3.8, 4) is 0 Å². The quantitative estimate of drug-likeness (QED) is 0.593. The molecule has 0 atom stereocenters. The van der Waals surface area contributed by atoms with Crippen molar-refractivity contribution in [2.75, 3.05) is 30.6 Å². The second-order valence-corrected chi connectivity index (χ2v) is 5.27. The average Bonchev–Trinajstić information content (AvgIpc) is 2.43. The zero-order chi connectivity index (χ0) is 14.3. The van der Waals surface area contributed by atoms with Gasteiger partial charge in [0.05, 0.1) is 12.9 Å². The first kappa shape index (κ1) is 15.6. The number of esters is 1. The Hall–Kier alpha value is -1.49. The molecule has 0 aromatic heterocycles. The molecule has 19 heavy (non-hydrogen) atoms. The van der Waals surface area contributed by atoms with E-state index in [2.05, 4.69) is 4.74 Å². The molecule has 1 aromatic carbocycles. The third-order valence-electron chi connectivity index (χ3n) is 2.70. The maximum absolute atomic E-state index is 11.9. The van der Waals surface area contributed by atoms with Crippen molar-refractivity contribution in [2.45, 2.75) is 13.3 Å². The minimum atomic E-state index is -0.260. The summed E-state index contributed by atoms with van der Waals surface area (Å²) in [6, 6.07) is 7.81. The Morgan fingerprint density at radius 1 is 1.26 bits per heavy atom. The van der Waals surface area contributed by atoms with E-state index in [1.54, 1.807) is 11.9 Å². The molecule has 0 radical (unpaired) electrons. The number of rotatable bonds is 6. The van der Waals surface area contributed by atoms with Crippen LogP contribution in [-0.4, -0.2) is 37.5 Å². The van der Waals surface area contributed by atoms with Crippen molar-refractivity contribution in [1.29, 1.82) is 0 Å². The van der Waals surface area contributed by atoms with Gasteiger partial charge in [0.15, 0.2) is 0 Å². The normalized spacial score (nSPS) is 10.1. The van der Waals surface area contributed by atoms with Crippen LogP contribution in [0.25, 0.3) is 0 Å². The first-order valence-corrected chi connectivity index (χ1v) is 7.18. The van der Waals surface area contributed by atoms with Crippen LogP contribution in [0.15, 0.2) is 24.3 Å². The molecule has 104 valence electrons. The summed E-state index contributed by atoms with van der Waals surface area (Å²) < 4.78 is 4.53. The van der Waals surface area contributed by atoms with Gasteiger partial charge in [-0.15, -0.1) is 11.8 Å². The minimum absolute atomic E-state index is 0.0428. The summed E-state index contributed by atoms with van der Waals surface area (Å²) >= 11 is 1.41. The van der Waals surface area contributed by atoms with Crippen LogP contribution in [0.3, 0.4) is 0 Å². The molecule has 0 saturated heterocycles. The molecule has 0 heterocycles. The topological polar surface area (TPSA) is 46.6 Å². The van der Waals surface area contributed by atoms with Crippen molar-refractivity contribution < 1.29 is 14.3 Å². The SMILES string of the molecule is COC(=O)CSCCC(=O)N(C)c1ccc(C)cc1. The number of anilines is 1. The van der Waals surface area contributed by atoms with Gasteiger partial charge in [-0.1, -0.05) is 17.7 Å². The van der Waals surface area contributed by atoms with Crippen LogP contribution >= 0.6 is 11.8 Å². The van der Waals surface area contributed by atoms with E-state index in [-0.39, 0.29) is 17.6 Å². The maximum Gasteiger partial charge on any atom is 0.315 e. The first-order chi connectivity index (χ1) is 9.04. The zero-order valence-corrected chi connectivity index (χ0v) is 12.3. The Morgan fingerprint density at radius 2 is 1.89 bits per heavy atom. The van der Waals surface area contributed by atoms with Crippen LogP contribution < -0.4 is 4.90 Å². The predicted molar refractivity (Wildman–Crippen MR) is 78.5 cm³/mol. The molecule has 5 heteroatoms. The Kier molecular flexibility index (Phi) is 6.42. The van der Waals surface area contributed by atoms with Gasteiger partial charge in [-0.3, -0.25) is 9.59 Å². The molecule has 1 aromatic rings. The van der Waals surface area contributed by atoms with E-state index in [0.717, 1.165) is 5.69 Å².